The van der Waals surface area contributed by atoms with Gasteiger partial charge in [0.25, 0.3) is 0 Å². The molecule has 3 aromatic rings. The minimum atomic E-state index is -0.897. The molecule has 0 aliphatic rings. The average molecular weight is 387 g/mol. The Labute approximate surface area is 161 Å². The third-order valence-corrected chi connectivity index (χ3v) is 4.42. The molecular weight excluding hydrogens is 371 g/mol. The number of benzene rings is 3. The van der Waals surface area contributed by atoms with E-state index < -0.39 is 5.97 Å². The quantitative estimate of drug-likeness (QED) is 0.576. The molecule has 0 saturated heterocycles. The van der Waals surface area contributed by atoms with Gasteiger partial charge in [-0.2, -0.15) is 0 Å². The molecule has 0 saturated carbocycles. The van der Waals surface area contributed by atoms with E-state index >= 15 is 0 Å². The summed E-state index contributed by atoms with van der Waals surface area (Å²) in [6.45, 7) is 0.393. The van der Waals surface area contributed by atoms with Gasteiger partial charge in [-0.05, 0) is 41.5 Å². The lowest BCUT2D eigenvalue weighted by atomic mass is 10.0. The molecule has 3 aromatic carbocycles. The lowest BCUT2D eigenvalue weighted by molar-refractivity contribution is -0.136. The number of carbonyl (C=O) groups is 1. The third kappa shape index (κ3) is 4.57. The van der Waals surface area contributed by atoms with Gasteiger partial charge >= 0.3 is 5.97 Å². The lowest BCUT2D eigenvalue weighted by Gasteiger charge is -2.15. The van der Waals surface area contributed by atoms with Crippen LogP contribution in [-0.4, -0.2) is 11.1 Å². The predicted octanol–water partition coefficient (Wildman–Crippen LogP) is 5.87. The number of rotatable bonds is 6. The minimum Gasteiger partial charge on any atom is -0.488 e. The van der Waals surface area contributed by atoms with Gasteiger partial charge in [0.2, 0.25) is 0 Å². The van der Waals surface area contributed by atoms with Crippen LogP contribution in [0, 0.1) is 0 Å². The van der Waals surface area contributed by atoms with Crippen LogP contribution in [0.25, 0.3) is 11.1 Å². The first-order valence-corrected chi connectivity index (χ1v) is 8.75. The van der Waals surface area contributed by atoms with Crippen molar-refractivity contribution in [3.8, 4) is 16.9 Å². The summed E-state index contributed by atoms with van der Waals surface area (Å²) in [6, 6.07) is 20.3. The Morgan fingerprint density at radius 3 is 2.38 bits per heavy atom. The summed E-state index contributed by atoms with van der Waals surface area (Å²) < 4.78 is 5.98. The van der Waals surface area contributed by atoms with Gasteiger partial charge in [0.05, 0.1) is 6.42 Å². The van der Waals surface area contributed by atoms with E-state index in [0.29, 0.717) is 39.1 Å². The smallest absolute Gasteiger partial charge is 0.307 e. The molecule has 0 heterocycles. The standard InChI is InChI=1S/C21H16Cl2O3/c22-16-7-8-19(23)17(12-16)18-10-15(11-21(24)25)6-9-20(18)26-13-14-4-2-1-3-5-14/h1-10,12H,11,13H2,(H,24,25). The fraction of sp³-hybridized carbons (Fsp3) is 0.0952. The summed E-state index contributed by atoms with van der Waals surface area (Å²) in [6.07, 6.45) is -0.0792. The van der Waals surface area contributed by atoms with Crippen LogP contribution < -0.4 is 4.74 Å². The van der Waals surface area contributed by atoms with Crippen LogP contribution in [0.2, 0.25) is 10.0 Å². The summed E-state index contributed by atoms with van der Waals surface area (Å²) in [5.74, 6) is -0.279. The SMILES string of the molecule is O=C(O)Cc1ccc(OCc2ccccc2)c(-c2cc(Cl)ccc2Cl)c1. The van der Waals surface area contributed by atoms with Crippen LogP contribution in [0.15, 0.2) is 66.7 Å². The molecule has 5 heteroatoms. The summed E-state index contributed by atoms with van der Waals surface area (Å²) in [5, 5.41) is 10.1. The molecule has 0 aliphatic carbocycles. The molecule has 0 aromatic heterocycles. The Kier molecular flexibility index (Phi) is 5.82. The molecule has 26 heavy (non-hydrogen) atoms. The molecule has 0 unspecified atom stereocenters. The lowest BCUT2D eigenvalue weighted by Crippen LogP contribution is -2.02. The highest BCUT2D eigenvalue weighted by Crippen LogP contribution is 2.37. The van der Waals surface area contributed by atoms with Crippen molar-refractivity contribution >= 4 is 29.2 Å². The largest absolute Gasteiger partial charge is 0.488 e. The summed E-state index contributed by atoms with van der Waals surface area (Å²) >= 11 is 12.5. The van der Waals surface area contributed by atoms with Crippen molar-refractivity contribution in [2.45, 2.75) is 13.0 Å². The first-order chi connectivity index (χ1) is 12.5. The van der Waals surface area contributed by atoms with Gasteiger partial charge in [0, 0.05) is 21.2 Å². The van der Waals surface area contributed by atoms with Crippen molar-refractivity contribution in [2.75, 3.05) is 0 Å². The Morgan fingerprint density at radius 1 is 0.885 bits per heavy atom. The normalized spacial score (nSPS) is 10.5. The maximum atomic E-state index is 11.1. The Morgan fingerprint density at radius 2 is 1.65 bits per heavy atom. The maximum absolute atomic E-state index is 11.1. The molecule has 0 fully saturated rings. The third-order valence-electron chi connectivity index (χ3n) is 3.86. The van der Waals surface area contributed by atoms with E-state index in [1.807, 2.05) is 30.3 Å². The first-order valence-electron chi connectivity index (χ1n) is 8.00. The molecule has 0 atom stereocenters. The van der Waals surface area contributed by atoms with E-state index in [2.05, 4.69) is 0 Å². The van der Waals surface area contributed by atoms with Gasteiger partial charge in [-0.3, -0.25) is 4.79 Å². The number of hydrogen-bond acceptors (Lipinski definition) is 2. The van der Waals surface area contributed by atoms with Crippen molar-refractivity contribution in [2.24, 2.45) is 0 Å². The van der Waals surface area contributed by atoms with E-state index in [-0.39, 0.29) is 6.42 Å². The van der Waals surface area contributed by atoms with Crippen LogP contribution in [0.1, 0.15) is 11.1 Å². The minimum absolute atomic E-state index is 0.0792. The fourth-order valence-corrected chi connectivity index (χ4v) is 3.03. The average Bonchev–Trinajstić information content (AvgIpc) is 2.63. The van der Waals surface area contributed by atoms with E-state index in [4.69, 9.17) is 33.0 Å². The van der Waals surface area contributed by atoms with E-state index in [0.717, 1.165) is 5.56 Å². The van der Waals surface area contributed by atoms with Crippen molar-refractivity contribution in [3.63, 3.8) is 0 Å². The monoisotopic (exact) mass is 386 g/mol. The predicted molar refractivity (Wildman–Crippen MR) is 104 cm³/mol. The molecule has 0 radical (unpaired) electrons. The van der Waals surface area contributed by atoms with E-state index in [9.17, 15) is 4.79 Å². The zero-order valence-electron chi connectivity index (χ0n) is 13.8. The van der Waals surface area contributed by atoms with Gasteiger partial charge in [0.15, 0.2) is 0 Å². The van der Waals surface area contributed by atoms with Crippen molar-refractivity contribution in [1.82, 2.24) is 0 Å². The second-order valence-corrected chi connectivity index (χ2v) is 6.64. The summed E-state index contributed by atoms with van der Waals surface area (Å²) in [4.78, 5) is 11.1. The second-order valence-electron chi connectivity index (χ2n) is 5.80. The molecule has 0 amide bonds. The second kappa shape index (κ2) is 8.26. The van der Waals surface area contributed by atoms with Gasteiger partial charge in [-0.1, -0.05) is 59.6 Å². The van der Waals surface area contributed by atoms with Crippen LogP contribution in [0.4, 0.5) is 0 Å². The number of ether oxygens (including phenoxy) is 1. The zero-order valence-corrected chi connectivity index (χ0v) is 15.3. The molecule has 0 spiro atoms. The molecule has 3 rings (SSSR count). The highest BCUT2D eigenvalue weighted by Gasteiger charge is 2.13. The molecular formula is C21H16Cl2O3. The topological polar surface area (TPSA) is 46.5 Å². The van der Waals surface area contributed by atoms with Crippen LogP contribution >= 0.6 is 23.2 Å². The number of halogens is 2. The number of hydrogen-bond donors (Lipinski definition) is 1. The van der Waals surface area contributed by atoms with Gasteiger partial charge in [-0.25, -0.2) is 0 Å². The van der Waals surface area contributed by atoms with Crippen molar-refractivity contribution < 1.29 is 14.6 Å². The molecule has 1 N–H and O–H groups in total. The van der Waals surface area contributed by atoms with Gasteiger partial charge < -0.3 is 9.84 Å². The summed E-state index contributed by atoms with van der Waals surface area (Å²) in [5.41, 5.74) is 3.11. The Balaban J connectivity index is 1.99. The maximum Gasteiger partial charge on any atom is 0.307 e. The van der Waals surface area contributed by atoms with Crippen molar-refractivity contribution in [1.29, 1.82) is 0 Å². The number of aliphatic carboxylic acids is 1. The van der Waals surface area contributed by atoms with Gasteiger partial charge in [-0.15, -0.1) is 0 Å². The van der Waals surface area contributed by atoms with Crippen LogP contribution in [0.5, 0.6) is 5.75 Å². The Hall–Kier alpha value is -2.49. The van der Waals surface area contributed by atoms with E-state index in [1.165, 1.54) is 0 Å². The molecule has 132 valence electrons. The van der Waals surface area contributed by atoms with Crippen LogP contribution in [0.3, 0.4) is 0 Å². The molecule has 3 nitrogen and oxygen atoms in total. The summed E-state index contributed by atoms with van der Waals surface area (Å²) in [7, 11) is 0. The first kappa shape index (κ1) is 18.3. The zero-order chi connectivity index (χ0) is 18.5. The highest BCUT2D eigenvalue weighted by molar-refractivity contribution is 6.35. The van der Waals surface area contributed by atoms with Gasteiger partial charge in [0.1, 0.15) is 12.4 Å². The molecule has 0 aliphatic heterocycles. The highest BCUT2D eigenvalue weighted by atomic mass is 35.5. The van der Waals surface area contributed by atoms with Crippen molar-refractivity contribution in [3.05, 3.63) is 87.9 Å². The number of carboxylic acids is 1. The molecule has 0 bridgehead atoms. The fourth-order valence-electron chi connectivity index (χ4n) is 2.64. The van der Waals surface area contributed by atoms with Crippen LogP contribution in [-0.2, 0) is 17.8 Å². The number of carboxylic acid groups (broad SMARTS) is 1. The Bertz CT molecular complexity index is 924. The van der Waals surface area contributed by atoms with E-state index in [1.54, 1.807) is 36.4 Å².